The molecule has 94 valence electrons. The number of rotatable bonds is 6. The van der Waals surface area contributed by atoms with Gasteiger partial charge in [-0.3, -0.25) is 4.79 Å². The summed E-state index contributed by atoms with van der Waals surface area (Å²) in [6, 6.07) is 0. The van der Waals surface area contributed by atoms with Crippen LogP contribution in [-0.4, -0.2) is 35.6 Å². The van der Waals surface area contributed by atoms with E-state index < -0.39 is 0 Å². The van der Waals surface area contributed by atoms with Crippen LogP contribution < -0.4 is 4.90 Å². The van der Waals surface area contributed by atoms with E-state index in [2.05, 4.69) is 16.9 Å². The number of thioether (sulfide) groups is 1. The molecule has 0 aliphatic heterocycles. The summed E-state index contributed by atoms with van der Waals surface area (Å²) in [5.74, 6) is 0.633. The molecule has 0 saturated carbocycles. The fourth-order valence-electron chi connectivity index (χ4n) is 1.53. The summed E-state index contributed by atoms with van der Waals surface area (Å²) in [5.41, 5.74) is 0.375. The van der Waals surface area contributed by atoms with Crippen LogP contribution in [0.25, 0.3) is 0 Å². The number of nitrogens with zero attached hydrogens (tertiary/aromatic N) is 3. The topological polar surface area (TPSA) is 46.1 Å². The molecule has 1 rings (SSSR count). The van der Waals surface area contributed by atoms with Crippen LogP contribution in [0.5, 0.6) is 0 Å². The Balaban J connectivity index is 3.26. The minimum atomic E-state index is 0.226. The molecule has 6 heteroatoms. The Morgan fingerprint density at radius 1 is 1.41 bits per heavy atom. The zero-order valence-electron chi connectivity index (χ0n) is 10.2. The number of aromatic nitrogens is 2. The first-order chi connectivity index (χ1) is 8.17. The molecule has 0 aromatic carbocycles. The first kappa shape index (κ1) is 14.3. The zero-order chi connectivity index (χ0) is 12.8. The minimum Gasteiger partial charge on any atom is -0.356 e. The summed E-state index contributed by atoms with van der Waals surface area (Å²) in [4.78, 5) is 21.5. The van der Waals surface area contributed by atoms with Crippen molar-refractivity contribution in [3.05, 3.63) is 10.7 Å². The molecular weight excluding hydrogens is 258 g/mol. The van der Waals surface area contributed by atoms with Crippen LogP contribution in [0.15, 0.2) is 5.16 Å². The van der Waals surface area contributed by atoms with E-state index in [0.29, 0.717) is 16.5 Å². The van der Waals surface area contributed by atoms with Gasteiger partial charge in [-0.05, 0) is 19.6 Å². The summed E-state index contributed by atoms with van der Waals surface area (Å²) >= 11 is 7.41. The van der Waals surface area contributed by atoms with Gasteiger partial charge in [0, 0.05) is 13.1 Å². The first-order valence-corrected chi connectivity index (χ1v) is 7.09. The predicted molar refractivity (Wildman–Crippen MR) is 72.4 cm³/mol. The maximum Gasteiger partial charge on any atom is 0.190 e. The van der Waals surface area contributed by atoms with E-state index in [4.69, 9.17) is 11.6 Å². The highest BCUT2D eigenvalue weighted by Crippen LogP contribution is 2.25. The van der Waals surface area contributed by atoms with E-state index in [-0.39, 0.29) is 5.15 Å². The molecule has 0 bridgehead atoms. The highest BCUT2D eigenvalue weighted by molar-refractivity contribution is 7.98. The smallest absolute Gasteiger partial charge is 0.190 e. The van der Waals surface area contributed by atoms with Crippen LogP contribution in [0, 0.1) is 0 Å². The Kier molecular flexibility index (Phi) is 5.71. The molecule has 0 atom stereocenters. The molecule has 0 unspecified atom stereocenters. The third-order valence-electron chi connectivity index (χ3n) is 2.33. The summed E-state index contributed by atoms with van der Waals surface area (Å²) < 4.78 is 0. The molecule has 1 aromatic heterocycles. The van der Waals surface area contributed by atoms with Crippen LogP contribution in [0.2, 0.25) is 5.15 Å². The third-order valence-corrected chi connectivity index (χ3v) is 3.17. The van der Waals surface area contributed by atoms with E-state index in [1.807, 2.05) is 18.1 Å². The molecule has 4 nitrogen and oxygen atoms in total. The predicted octanol–water partition coefficient (Wildman–Crippen LogP) is 2.90. The fourth-order valence-corrected chi connectivity index (χ4v) is 2.15. The lowest BCUT2D eigenvalue weighted by Gasteiger charge is -2.23. The van der Waals surface area contributed by atoms with Crippen molar-refractivity contribution >= 4 is 35.5 Å². The average Bonchev–Trinajstić information content (AvgIpc) is 2.34. The van der Waals surface area contributed by atoms with Crippen molar-refractivity contribution in [2.24, 2.45) is 0 Å². The first-order valence-electron chi connectivity index (χ1n) is 5.49. The number of hydrogen-bond acceptors (Lipinski definition) is 5. The molecule has 1 heterocycles. The van der Waals surface area contributed by atoms with Gasteiger partial charge in [0.05, 0.1) is 5.56 Å². The van der Waals surface area contributed by atoms with Crippen LogP contribution in [-0.2, 0) is 0 Å². The molecular formula is C11H16ClN3OS. The molecule has 0 spiro atoms. The number of anilines is 1. The highest BCUT2D eigenvalue weighted by atomic mass is 35.5. The largest absolute Gasteiger partial charge is 0.356 e. The lowest BCUT2D eigenvalue weighted by atomic mass is 10.3. The van der Waals surface area contributed by atoms with Crippen molar-refractivity contribution in [2.75, 3.05) is 24.2 Å². The highest BCUT2D eigenvalue weighted by Gasteiger charge is 2.16. The number of aldehydes is 1. The van der Waals surface area contributed by atoms with E-state index in [9.17, 15) is 4.79 Å². The molecule has 0 aliphatic carbocycles. The van der Waals surface area contributed by atoms with Gasteiger partial charge in [0.25, 0.3) is 0 Å². The normalized spacial score (nSPS) is 10.4. The molecule has 0 saturated heterocycles. The number of hydrogen-bond donors (Lipinski definition) is 0. The van der Waals surface area contributed by atoms with Crippen LogP contribution in [0.1, 0.15) is 30.6 Å². The Morgan fingerprint density at radius 3 is 2.59 bits per heavy atom. The van der Waals surface area contributed by atoms with Gasteiger partial charge in [-0.25, -0.2) is 9.97 Å². The Morgan fingerprint density at radius 2 is 2.12 bits per heavy atom. The van der Waals surface area contributed by atoms with Gasteiger partial charge in [-0.15, -0.1) is 0 Å². The van der Waals surface area contributed by atoms with Crippen LogP contribution in [0.4, 0.5) is 5.82 Å². The van der Waals surface area contributed by atoms with E-state index >= 15 is 0 Å². The van der Waals surface area contributed by atoms with Crippen LogP contribution >= 0.6 is 23.4 Å². The Labute approximate surface area is 111 Å². The molecule has 0 radical (unpaired) electrons. The standard InChI is InChI=1S/C11H16ClN3OS/c1-4-6-15(5-2)10-8(7-16)9(12)13-11(14-10)17-3/h7H,4-6H2,1-3H3. The molecule has 0 amide bonds. The number of carbonyl (C=O) groups is 1. The zero-order valence-corrected chi connectivity index (χ0v) is 11.8. The van der Waals surface area contributed by atoms with Gasteiger partial charge < -0.3 is 4.90 Å². The maximum absolute atomic E-state index is 11.1. The van der Waals surface area contributed by atoms with E-state index in [1.54, 1.807) is 0 Å². The van der Waals surface area contributed by atoms with E-state index in [0.717, 1.165) is 25.8 Å². The van der Waals surface area contributed by atoms with Gasteiger partial charge in [0.15, 0.2) is 11.4 Å². The Hall–Kier alpha value is -0.810. The maximum atomic E-state index is 11.1. The molecule has 0 aliphatic rings. The van der Waals surface area contributed by atoms with Crippen molar-refractivity contribution in [1.29, 1.82) is 0 Å². The van der Waals surface area contributed by atoms with Crippen molar-refractivity contribution < 1.29 is 4.79 Å². The quantitative estimate of drug-likeness (QED) is 0.345. The molecule has 17 heavy (non-hydrogen) atoms. The molecule has 0 N–H and O–H groups in total. The van der Waals surface area contributed by atoms with Crippen molar-refractivity contribution in [3.63, 3.8) is 0 Å². The summed E-state index contributed by atoms with van der Waals surface area (Å²) in [5, 5.41) is 0.814. The average molecular weight is 274 g/mol. The van der Waals surface area contributed by atoms with E-state index in [1.165, 1.54) is 11.8 Å². The monoisotopic (exact) mass is 273 g/mol. The lowest BCUT2D eigenvalue weighted by molar-refractivity contribution is 0.112. The third kappa shape index (κ3) is 3.33. The molecule has 1 aromatic rings. The fraction of sp³-hybridized carbons (Fsp3) is 0.545. The van der Waals surface area contributed by atoms with Gasteiger partial charge in [0.1, 0.15) is 11.0 Å². The lowest BCUT2D eigenvalue weighted by Crippen LogP contribution is -2.26. The number of halogens is 1. The molecule has 0 fully saturated rings. The summed E-state index contributed by atoms with van der Waals surface area (Å²) in [6.45, 7) is 5.74. The Bertz CT molecular complexity index is 401. The van der Waals surface area contributed by atoms with Crippen molar-refractivity contribution in [3.8, 4) is 0 Å². The second kappa shape index (κ2) is 6.81. The summed E-state index contributed by atoms with van der Waals surface area (Å²) in [6.07, 6.45) is 3.59. The van der Waals surface area contributed by atoms with Gasteiger partial charge in [-0.2, -0.15) is 0 Å². The second-order valence-corrected chi connectivity index (χ2v) is 4.57. The van der Waals surface area contributed by atoms with Gasteiger partial charge >= 0.3 is 0 Å². The van der Waals surface area contributed by atoms with Gasteiger partial charge in [0.2, 0.25) is 0 Å². The number of carbonyl (C=O) groups excluding carboxylic acids is 1. The SMILES string of the molecule is CCCN(CC)c1nc(SC)nc(Cl)c1C=O. The van der Waals surface area contributed by atoms with Crippen molar-refractivity contribution in [1.82, 2.24) is 9.97 Å². The second-order valence-electron chi connectivity index (χ2n) is 3.44. The van der Waals surface area contributed by atoms with Crippen molar-refractivity contribution in [2.45, 2.75) is 25.4 Å². The summed E-state index contributed by atoms with van der Waals surface area (Å²) in [7, 11) is 0. The minimum absolute atomic E-state index is 0.226. The van der Waals surface area contributed by atoms with Gasteiger partial charge in [-0.1, -0.05) is 30.3 Å². The van der Waals surface area contributed by atoms with Crippen LogP contribution in [0.3, 0.4) is 0 Å².